The SMILES string of the molecule is CC(C(=O)NC(=O)NC1CCCC1)N1CCN(CC(=O)N(C)C)CC1. The predicted molar refractivity (Wildman–Crippen MR) is 95.1 cm³/mol. The molecule has 25 heavy (non-hydrogen) atoms. The smallest absolute Gasteiger partial charge is 0.321 e. The third-order valence-electron chi connectivity index (χ3n) is 5.12. The maximum Gasteiger partial charge on any atom is 0.321 e. The van der Waals surface area contributed by atoms with Crippen LogP contribution in [0.25, 0.3) is 0 Å². The first-order valence-electron chi connectivity index (χ1n) is 9.14. The summed E-state index contributed by atoms with van der Waals surface area (Å²) in [5.74, 6) is -0.184. The number of likely N-dealkylation sites (N-methyl/N-ethyl adjacent to an activating group) is 1. The Morgan fingerprint density at radius 3 is 2.24 bits per heavy atom. The Bertz CT molecular complexity index is 483. The molecule has 4 amide bonds. The van der Waals surface area contributed by atoms with E-state index in [1.807, 2.05) is 6.92 Å². The molecule has 1 unspecified atom stereocenters. The highest BCUT2D eigenvalue weighted by Gasteiger charge is 2.28. The summed E-state index contributed by atoms with van der Waals surface area (Å²) >= 11 is 0. The number of carbonyl (C=O) groups is 3. The summed E-state index contributed by atoms with van der Waals surface area (Å²) in [5.41, 5.74) is 0. The third kappa shape index (κ3) is 5.97. The van der Waals surface area contributed by atoms with Crippen molar-refractivity contribution in [1.29, 1.82) is 0 Å². The van der Waals surface area contributed by atoms with Gasteiger partial charge in [-0.25, -0.2) is 4.79 Å². The highest BCUT2D eigenvalue weighted by molar-refractivity contribution is 5.96. The van der Waals surface area contributed by atoms with Crippen LogP contribution in [0.3, 0.4) is 0 Å². The molecule has 0 radical (unpaired) electrons. The number of nitrogens with one attached hydrogen (secondary N) is 2. The lowest BCUT2D eigenvalue weighted by Gasteiger charge is -2.37. The van der Waals surface area contributed by atoms with Crippen molar-refractivity contribution in [3.05, 3.63) is 0 Å². The van der Waals surface area contributed by atoms with Crippen molar-refractivity contribution in [3.63, 3.8) is 0 Å². The molecule has 0 aromatic carbocycles. The Morgan fingerprint density at radius 1 is 1.08 bits per heavy atom. The summed E-state index contributed by atoms with van der Waals surface area (Å²) in [6.45, 7) is 5.13. The van der Waals surface area contributed by atoms with Crippen molar-refractivity contribution < 1.29 is 14.4 Å². The Kier molecular flexibility index (Phi) is 7.19. The molecule has 142 valence electrons. The van der Waals surface area contributed by atoms with Crippen LogP contribution >= 0.6 is 0 Å². The number of carbonyl (C=O) groups excluding carboxylic acids is 3. The average Bonchev–Trinajstić information content (AvgIpc) is 3.07. The van der Waals surface area contributed by atoms with Gasteiger partial charge in [0.25, 0.3) is 0 Å². The van der Waals surface area contributed by atoms with E-state index in [1.165, 1.54) is 0 Å². The number of imide groups is 1. The first-order chi connectivity index (χ1) is 11.9. The lowest BCUT2D eigenvalue weighted by Crippen LogP contribution is -2.56. The first-order valence-corrected chi connectivity index (χ1v) is 9.14. The molecule has 1 saturated heterocycles. The van der Waals surface area contributed by atoms with Crippen molar-refractivity contribution >= 4 is 17.8 Å². The van der Waals surface area contributed by atoms with Gasteiger partial charge in [-0.3, -0.25) is 24.7 Å². The summed E-state index contributed by atoms with van der Waals surface area (Å²) < 4.78 is 0. The molecule has 0 aromatic heterocycles. The molecule has 2 N–H and O–H groups in total. The standard InChI is InChI=1S/C17H31N5O3/c1-13(16(24)19-17(25)18-14-6-4-5-7-14)22-10-8-21(9-11-22)12-15(23)20(2)3/h13-14H,4-12H2,1-3H3,(H2,18,19,24,25). The molecule has 0 aromatic rings. The lowest BCUT2D eigenvalue weighted by molar-refractivity contribution is -0.131. The van der Waals surface area contributed by atoms with Gasteiger partial charge in [0.15, 0.2) is 0 Å². The van der Waals surface area contributed by atoms with Crippen molar-refractivity contribution in [2.75, 3.05) is 46.8 Å². The van der Waals surface area contributed by atoms with E-state index in [2.05, 4.69) is 20.4 Å². The summed E-state index contributed by atoms with van der Waals surface area (Å²) in [4.78, 5) is 41.7. The lowest BCUT2D eigenvalue weighted by atomic mass is 10.2. The molecule has 1 aliphatic heterocycles. The maximum absolute atomic E-state index is 12.3. The Balaban J connectivity index is 1.71. The van der Waals surface area contributed by atoms with Gasteiger partial charge in [-0.05, 0) is 19.8 Å². The van der Waals surface area contributed by atoms with E-state index in [0.717, 1.165) is 38.8 Å². The van der Waals surface area contributed by atoms with Gasteiger partial charge < -0.3 is 10.2 Å². The highest BCUT2D eigenvalue weighted by Crippen LogP contribution is 2.17. The van der Waals surface area contributed by atoms with Crippen molar-refractivity contribution in [2.45, 2.75) is 44.7 Å². The fourth-order valence-corrected chi connectivity index (χ4v) is 3.32. The van der Waals surface area contributed by atoms with Crippen LogP contribution in [0.2, 0.25) is 0 Å². The second-order valence-electron chi connectivity index (χ2n) is 7.22. The molecule has 2 aliphatic rings. The molecular formula is C17H31N5O3. The van der Waals surface area contributed by atoms with Gasteiger partial charge in [-0.15, -0.1) is 0 Å². The van der Waals surface area contributed by atoms with Crippen LogP contribution in [0.1, 0.15) is 32.6 Å². The Morgan fingerprint density at radius 2 is 1.68 bits per heavy atom. The summed E-state index contributed by atoms with van der Waals surface area (Å²) in [6.07, 6.45) is 4.25. The molecule has 2 fully saturated rings. The van der Waals surface area contributed by atoms with E-state index in [9.17, 15) is 14.4 Å². The van der Waals surface area contributed by atoms with Crippen molar-refractivity contribution in [2.24, 2.45) is 0 Å². The second-order valence-corrected chi connectivity index (χ2v) is 7.22. The fraction of sp³-hybridized carbons (Fsp3) is 0.824. The summed E-state index contributed by atoms with van der Waals surface area (Å²) in [5, 5.41) is 5.32. The van der Waals surface area contributed by atoms with Crippen LogP contribution in [-0.2, 0) is 9.59 Å². The third-order valence-corrected chi connectivity index (χ3v) is 5.12. The molecule has 1 aliphatic carbocycles. The topological polar surface area (TPSA) is 85.0 Å². The molecule has 0 spiro atoms. The van der Waals surface area contributed by atoms with Gasteiger partial charge in [0, 0.05) is 46.3 Å². The van der Waals surface area contributed by atoms with Gasteiger partial charge in [-0.1, -0.05) is 12.8 Å². The van der Waals surface area contributed by atoms with Crippen LogP contribution in [0.5, 0.6) is 0 Å². The van der Waals surface area contributed by atoms with Gasteiger partial charge in [-0.2, -0.15) is 0 Å². The molecule has 2 rings (SSSR count). The van der Waals surface area contributed by atoms with Gasteiger partial charge in [0.2, 0.25) is 11.8 Å². The molecule has 8 heteroatoms. The van der Waals surface area contributed by atoms with Crippen LogP contribution in [0, 0.1) is 0 Å². The quantitative estimate of drug-likeness (QED) is 0.718. The maximum atomic E-state index is 12.3. The zero-order valence-corrected chi connectivity index (χ0v) is 15.6. The van der Waals surface area contributed by atoms with Crippen LogP contribution in [0.4, 0.5) is 4.79 Å². The minimum Gasteiger partial charge on any atom is -0.348 e. The predicted octanol–water partition coefficient (Wildman–Crippen LogP) is -0.151. The van der Waals surface area contributed by atoms with Crippen molar-refractivity contribution in [1.82, 2.24) is 25.3 Å². The molecule has 1 heterocycles. The number of hydrogen-bond donors (Lipinski definition) is 2. The number of urea groups is 1. The largest absolute Gasteiger partial charge is 0.348 e. The molecular weight excluding hydrogens is 322 g/mol. The van der Waals surface area contributed by atoms with E-state index in [0.29, 0.717) is 19.6 Å². The average molecular weight is 353 g/mol. The first kappa shape index (κ1) is 19.7. The van der Waals surface area contributed by atoms with Crippen LogP contribution in [-0.4, -0.2) is 91.4 Å². The van der Waals surface area contributed by atoms with E-state index >= 15 is 0 Å². The van der Waals surface area contributed by atoms with E-state index in [-0.39, 0.29) is 29.9 Å². The number of nitrogens with zero attached hydrogens (tertiary/aromatic N) is 3. The van der Waals surface area contributed by atoms with Gasteiger partial charge in [0.1, 0.15) is 0 Å². The molecule has 1 saturated carbocycles. The van der Waals surface area contributed by atoms with Gasteiger partial charge in [0.05, 0.1) is 12.6 Å². The highest BCUT2D eigenvalue weighted by atomic mass is 16.2. The summed E-state index contributed by atoms with van der Waals surface area (Å²) in [7, 11) is 3.50. The van der Waals surface area contributed by atoms with Gasteiger partial charge >= 0.3 is 6.03 Å². The fourth-order valence-electron chi connectivity index (χ4n) is 3.32. The van der Waals surface area contributed by atoms with Crippen molar-refractivity contribution in [3.8, 4) is 0 Å². The molecule has 1 atom stereocenters. The number of hydrogen-bond acceptors (Lipinski definition) is 5. The zero-order valence-electron chi connectivity index (χ0n) is 15.6. The molecule has 0 bridgehead atoms. The second kappa shape index (κ2) is 9.15. The summed E-state index contributed by atoms with van der Waals surface area (Å²) in [6, 6.07) is -0.555. The van der Waals surface area contributed by atoms with E-state index in [1.54, 1.807) is 19.0 Å². The Hall–Kier alpha value is -1.67. The number of rotatable bonds is 5. The van der Waals surface area contributed by atoms with Crippen LogP contribution < -0.4 is 10.6 Å². The van der Waals surface area contributed by atoms with E-state index < -0.39 is 0 Å². The zero-order chi connectivity index (χ0) is 18.4. The monoisotopic (exact) mass is 353 g/mol. The molecule has 8 nitrogen and oxygen atoms in total. The van der Waals surface area contributed by atoms with Crippen LogP contribution in [0.15, 0.2) is 0 Å². The van der Waals surface area contributed by atoms with E-state index in [4.69, 9.17) is 0 Å². The minimum atomic E-state index is -0.390. The normalized spacial score (nSPS) is 20.9. The Labute approximate surface area is 149 Å². The number of piperazine rings is 1. The number of amides is 4. The minimum absolute atomic E-state index is 0.0859.